The number of rotatable bonds is 3. The molecule has 0 atom stereocenters. The van der Waals surface area contributed by atoms with E-state index in [0.29, 0.717) is 11.3 Å². The summed E-state index contributed by atoms with van der Waals surface area (Å²) < 4.78 is 4.94. The third kappa shape index (κ3) is 1.50. The van der Waals surface area contributed by atoms with Crippen LogP contribution in [0, 0.1) is 5.41 Å². The molecular weight excluding hydrogens is 154 g/mol. The van der Waals surface area contributed by atoms with Crippen LogP contribution in [0.3, 0.4) is 0 Å². The van der Waals surface area contributed by atoms with Crippen molar-refractivity contribution < 1.29 is 9.53 Å². The summed E-state index contributed by atoms with van der Waals surface area (Å²) in [5, 5.41) is 6.79. The number of carbonyl (C=O) groups is 1. The zero-order valence-corrected chi connectivity index (χ0v) is 6.70. The smallest absolute Gasteiger partial charge is 0.206 e. The number of ether oxygens (including phenoxy) is 1. The first-order chi connectivity index (χ1) is 5.79. The Morgan fingerprint density at radius 3 is 2.75 bits per heavy atom. The highest BCUT2D eigenvalue weighted by Gasteiger charge is 2.07. The molecule has 0 unspecified atom stereocenters. The molecule has 0 amide bonds. The second-order valence-corrected chi connectivity index (χ2v) is 2.21. The molecule has 0 spiro atoms. The molecule has 1 aromatic carbocycles. The van der Waals surface area contributed by atoms with Crippen LogP contribution < -0.4 is 4.74 Å². The van der Waals surface area contributed by atoms with Crippen molar-refractivity contribution in [3.8, 4) is 5.75 Å². The van der Waals surface area contributed by atoms with Gasteiger partial charge in [-0.2, -0.15) is 0 Å². The Bertz CT molecular complexity index is 307. The van der Waals surface area contributed by atoms with Gasteiger partial charge >= 0.3 is 0 Å². The van der Waals surface area contributed by atoms with E-state index in [1.54, 1.807) is 24.3 Å². The second kappa shape index (κ2) is 3.67. The summed E-state index contributed by atoms with van der Waals surface area (Å²) in [6, 6.07) is 6.84. The Hall–Kier alpha value is -1.64. The van der Waals surface area contributed by atoms with E-state index in [-0.39, 0.29) is 5.78 Å². The number of para-hydroxylation sites is 1. The van der Waals surface area contributed by atoms with Gasteiger partial charge in [-0.05, 0) is 12.1 Å². The standard InChI is InChI=1S/C9H9NO2/c1-12-9-5-3-2-4-7(9)8(11)6-10/h2-6,10H,1H3. The molecule has 1 aromatic rings. The first kappa shape index (κ1) is 8.46. The molecule has 3 nitrogen and oxygen atoms in total. The van der Waals surface area contributed by atoms with Gasteiger partial charge in [-0.3, -0.25) is 4.79 Å². The minimum absolute atomic E-state index is 0.340. The van der Waals surface area contributed by atoms with Gasteiger partial charge in [0.05, 0.1) is 18.9 Å². The van der Waals surface area contributed by atoms with Crippen LogP contribution in [0.1, 0.15) is 10.4 Å². The molecule has 3 heteroatoms. The van der Waals surface area contributed by atoms with Crippen LogP contribution >= 0.6 is 0 Å². The van der Waals surface area contributed by atoms with Crippen LogP contribution in [-0.4, -0.2) is 19.1 Å². The van der Waals surface area contributed by atoms with Gasteiger partial charge in [-0.1, -0.05) is 12.1 Å². The summed E-state index contributed by atoms with van der Waals surface area (Å²) in [4.78, 5) is 11.1. The summed E-state index contributed by atoms with van der Waals surface area (Å²) in [5.41, 5.74) is 0.426. The predicted octanol–water partition coefficient (Wildman–Crippen LogP) is 1.53. The van der Waals surface area contributed by atoms with Gasteiger partial charge in [0, 0.05) is 0 Å². The molecule has 0 saturated heterocycles. The Morgan fingerprint density at radius 2 is 2.17 bits per heavy atom. The number of carbonyl (C=O) groups excluding carboxylic acids is 1. The average molecular weight is 163 g/mol. The van der Waals surface area contributed by atoms with Gasteiger partial charge in [-0.15, -0.1) is 0 Å². The largest absolute Gasteiger partial charge is 0.496 e. The number of hydrogen-bond donors (Lipinski definition) is 1. The Balaban J connectivity index is 3.13. The van der Waals surface area contributed by atoms with E-state index in [4.69, 9.17) is 10.1 Å². The Morgan fingerprint density at radius 1 is 1.50 bits per heavy atom. The number of nitrogens with one attached hydrogen (secondary N) is 1. The Labute approximate surface area is 70.5 Å². The molecule has 1 rings (SSSR count). The van der Waals surface area contributed by atoms with Crippen molar-refractivity contribution >= 4 is 12.0 Å². The monoisotopic (exact) mass is 163 g/mol. The first-order valence-corrected chi connectivity index (χ1v) is 3.47. The average Bonchev–Trinajstić information content (AvgIpc) is 2.16. The fraction of sp³-hybridized carbons (Fsp3) is 0.111. The number of methoxy groups -OCH3 is 1. The number of Topliss-reactive ketones (excluding diaryl/α,β-unsaturated/α-hetero) is 1. The fourth-order valence-electron chi connectivity index (χ4n) is 0.926. The lowest BCUT2D eigenvalue weighted by atomic mass is 10.1. The van der Waals surface area contributed by atoms with Gasteiger partial charge in [0.25, 0.3) is 0 Å². The van der Waals surface area contributed by atoms with Crippen LogP contribution in [0.15, 0.2) is 24.3 Å². The Kier molecular flexibility index (Phi) is 2.58. The maximum atomic E-state index is 11.1. The van der Waals surface area contributed by atoms with Crippen LogP contribution in [0.2, 0.25) is 0 Å². The molecule has 0 aliphatic rings. The van der Waals surface area contributed by atoms with Crippen molar-refractivity contribution in [1.82, 2.24) is 0 Å². The summed E-state index contributed by atoms with van der Waals surface area (Å²) in [6.07, 6.45) is 0.776. The van der Waals surface area contributed by atoms with E-state index in [2.05, 4.69) is 0 Å². The van der Waals surface area contributed by atoms with Crippen molar-refractivity contribution in [2.24, 2.45) is 0 Å². The molecule has 12 heavy (non-hydrogen) atoms. The molecule has 0 saturated carbocycles. The van der Waals surface area contributed by atoms with E-state index < -0.39 is 0 Å². The molecule has 0 heterocycles. The van der Waals surface area contributed by atoms with Crippen LogP contribution in [0.5, 0.6) is 5.75 Å². The van der Waals surface area contributed by atoms with Gasteiger partial charge in [0.15, 0.2) is 0 Å². The van der Waals surface area contributed by atoms with Crippen LogP contribution in [0.4, 0.5) is 0 Å². The first-order valence-electron chi connectivity index (χ1n) is 3.47. The highest BCUT2D eigenvalue weighted by atomic mass is 16.5. The lowest BCUT2D eigenvalue weighted by molar-refractivity contribution is 0.106. The summed E-state index contributed by atoms with van der Waals surface area (Å²) in [5.74, 6) is 0.165. The molecular formula is C9H9NO2. The van der Waals surface area contributed by atoms with Crippen molar-refractivity contribution in [3.05, 3.63) is 29.8 Å². The lowest BCUT2D eigenvalue weighted by Gasteiger charge is -2.03. The van der Waals surface area contributed by atoms with Gasteiger partial charge in [0.1, 0.15) is 5.75 Å². The minimum atomic E-state index is -0.340. The zero-order chi connectivity index (χ0) is 8.97. The molecule has 1 N–H and O–H groups in total. The number of hydrogen-bond acceptors (Lipinski definition) is 3. The fourth-order valence-corrected chi connectivity index (χ4v) is 0.926. The normalized spacial score (nSPS) is 9.08. The van der Waals surface area contributed by atoms with Crippen molar-refractivity contribution in [2.75, 3.05) is 7.11 Å². The van der Waals surface area contributed by atoms with E-state index >= 15 is 0 Å². The summed E-state index contributed by atoms with van der Waals surface area (Å²) in [6.45, 7) is 0. The quantitative estimate of drug-likeness (QED) is 0.542. The molecule has 0 aliphatic heterocycles. The minimum Gasteiger partial charge on any atom is -0.496 e. The topological polar surface area (TPSA) is 50.2 Å². The highest BCUT2D eigenvalue weighted by Crippen LogP contribution is 2.16. The SMILES string of the molecule is COc1ccccc1C(=O)C=N. The third-order valence-electron chi connectivity index (χ3n) is 1.50. The van der Waals surface area contributed by atoms with Crippen LogP contribution in [-0.2, 0) is 0 Å². The molecule has 0 bridgehead atoms. The molecule has 0 fully saturated rings. The molecule has 62 valence electrons. The summed E-state index contributed by atoms with van der Waals surface area (Å²) >= 11 is 0. The van der Waals surface area contributed by atoms with Gasteiger partial charge in [-0.25, -0.2) is 0 Å². The molecule has 0 radical (unpaired) electrons. The van der Waals surface area contributed by atoms with E-state index in [1.165, 1.54) is 7.11 Å². The van der Waals surface area contributed by atoms with Crippen molar-refractivity contribution in [1.29, 1.82) is 5.41 Å². The summed E-state index contributed by atoms with van der Waals surface area (Å²) in [7, 11) is 1.50. The van der Waals surface area contributed by atoms with Gasteiger partial charge in [0.2, 0.25) is 5.78 Å². The second-order valence-electron chi connectivity index (χ2n) is 2.21. The third-order valence-corrected chi connectivity index (χ3v) is 1.50. The van der Waals surface area contributed by atoms with E-state index in [9.17, 15) is 4.79 Å². The van der Waals surface area contributed by atoms with Gasteiger partial charge < -0.3 is 10.1 Å². The number of benzene rings is 1. The molecule has 0 aromatic heterocycles. The van der Waals surface area contributed by atoms with E-state index in [0.717, 1.165) is 6.21 Å². The lowest BCUT2D eigenvalue weighted by Crippen LogP contribution is -2.01. The highest BCUT2D eigenvalue weighted by molar-refractivity contribution is 6.35. The molecule has 0 aliphatic carbocycles. The van der Waals surface area contributed by atoms with Crippen molar-refractivity contribution in [2.45, 2.75) is 0 Å². The predicted molar refractivity (Wildman–Crippen MR) is 46.1 cm³/mol. The van der Waals surface area contributed by atoms with Crippen molar-refractivity contribution in [3.63, 3.8) is 0 Å². The van der Waals surface area contributed by atoms with Crippen LogP contribution in [0.25, 0.3) is 0 Å². The number of ketones is 1. The van der Waals surface area contributed by atoms with E-state index in [1.807, 2.05) is 0 Å². The maximum Gasteiger partial charge on any atom is 0.206 e. The maximum absolute atomic E-state index is 11.1. The zero-order valence-electron chi connectivity index (χ0n) is 6.70.